The first-order chi connectivity index (χ1) is 12.6. The van der Waals surface area contributed by atoms with Gasteiger partial charge in [0.25, 0.3) is 5.91 Å². The molecule has 0 spiro atoms. The van der Waals surface area contributed by atoms with Crippen LogP contribution in [-0.2, 0) is 0 Å². The van der Waals surface area contributed by atoms with Crippen molar-refractivity contribution in [1.29, 1.82) is 0 Å². The molecule has 1 saturated heterocycles. The van der Waals surface area contributed by atoms with Crippen LogP contribution in [0.15, 0.2) is 36.5 Å². The summed E-state index contributed by atoms with van der Waals surface area (Å²) in [5.41, 5.74) is 1.53. The van der Waals surface area contributed by atoms with Crippen molar-refractivity contribution in [2.45, 2.75) is 38.8 Å². The number of hydrogen-bond donors (Lipinski definition) is 2. The van der Waals surface area contributed by atoms with E-state index in [-0.39, 0.29) is 30.3 Å². The molecule has 2 aromatic rings. The lowest BCUT2D eigenvalue weighted by molar-refractivity contribution is 0.0919. The van der Waals surface area contributed by atoms with Gasteiger partial charge in [0.05, 0.1) is 19.2 Å². The number of amides is 1. The molecule has 2 atom stereocenters. The summed E-state index contributed by atoms with van der Waals surface area (Å²) in [4.78, 5) is 12.7. The van der Waals surface area contributed by atoms with Crippen molar-refractivity contribution in [3.8, 4) is 5.75 Å². The number of nitrogens with zero attached hydrogens (tertiary/aromatic N) is 2. The van der Waals surface area contributed by atoms with Crippen LogP contribution >= 0.6 is 12.4 Å². The second kappa shape index (κ2) is 9.76. The van der Waals surface area contributed by atoms with Gasteiger partial charge in [0.2, 0.25) is 0 Å². The third-order valence-electron chi connectivity index (χ3n) is 4.91. The Morgan fingerprint density at radius 3 is 2.63 bits per heavy atom. The number of carbonyl (C=O) groups is 1. The molecule has 1 aliphatic rings. The van der Waals surface area contributed by atoms with Gasteiger partial charge in [-0.1, -0.05) is 26.0 Å². The molecule has 1 amide bonds. The van der Waals surface area contributed by atoms with E-state index in [0.717, 1.165) is 37.2 Å². The summed E-state index contributed by atoms with van der Waals surface area (Å²) in [7, 11) is 1.65. The van der Waals surface area contributed by atoms with E-state index in [9.17, 15) is 4.79 Å². The fraction of sp³-hybridized carbons (Fsp3) is 0.500. The lowest BCUT2D eigenvalue weighted by atomic mass is 9.96. The second-order valence-electron chi connectivity index (χ2n) is 7.15. The topological polar surface area (TPSA) is 68.2 Å². The van der Waals surface area contributed by atoms with E-state index >= 15 is 0 Å². The summed E-state index contributed by atoms with van der Waals surface area (Å²) >= 11 is 0. The van der Waals surface area contributed by atoms with E-state index in [1.165, 1.54) is 0 Å². The van der Waals surface area contributed by atoms with Gasteiger partial charge in [-0.25, -0.2) is 0 Å². The third kappa shape index (κ3) is 5.23. The zero-order valence-electron chi connectivity index (χ0n) is 16.1. The minimum absolute atomic E-state index is 0. The monoisotopic (exact) mass is 392 g/mol. The molecule has 2 heterocycles. The van der Waals surface area contributed by atoms with Gasteiger partial charge in [-0.3, -0.25) is 9.48 Å². The summed E-state index contributed by atoms with van der Waals surface area (Å²) in [6.07, 6.45) is 4.14. The molecule has 0 bridgehead atoms. The summed E-state index contributed by atoms with van der Waals surface area (Å²) in [6, 6.07) is 9.88. The average molecular weight is 393 g/mol. The molecular weight excluding hydrogens is 364 g/mol. The highest BCUT2D eigenvalue weighted by molar-refractivity contribution is 5.92. The predicted octanol–water partition coefficient (Wildman–Crippen LogP) is 3.37. The van der Waals surface area contributed by atoms with Gasteiger partial charge in [0.1, 0.15) is 11.4 Å². The molecule has 27 heavy (non-hydrogen) atoms. The molecule has 6 nitrogen and oxygen atoms in total. The zero-order valence-corrected chi connectivity index (χ0v) is 17.0. The van der Waals surface area contributed by atoms with Gasteiger partial charge >= 0.3 is 0 Å². The number of halogens is 1. The Bertz CT molecular complexity index is 724. The van der Waals surface area contributed by atoms with Crippen LogP contribution in [0.2, 0.25) is 0 Å². The molecule has 0 aliphatic carbocycles. The number of piperidine rings is 1. The number of carbonyl (C=O) groups excluding carboxylic acids is 1. The Kier molecular flexibility index (Phi) is 7.68. The van der Waals surface area contributed by atoms with Crippen LogP contribution in [0.25, 0.3) is 0 Å². The second-order valence-corrected chi connectivity index (χ2v) is 7.15. The molecule has 1 fully saturated rings. The smallest absolute Gasteiger partial charge is 0.272 e. The van der Waals surface area contributed by atoms with Crippen molar-refractivity contribution in [1.82, 2.24) is 20.4 Å². The summed E-state index contributed by atoms with van der Waals surface area (Å²) in [5.74, 6) is 0.932. The molecule has 2 unspecified atom stereocenters. The van der Waals surface area contributed by atoms with E-state index in [1.54, 1.807) is 13.2 Å². The summed E-state index contributed by atoms with van der Waals surface area (Å²) in [6.45, 7) is 6.16. The van der Waals surface area contributed by atoms with Crippen LogP contribution in [0.1, 0.15) is 54.8 Å². The molecule has 1 aromatic heterocycles. The van der Waals surface area contributed by atoms with Crippen molar-refractivity contribution in [3.63, 3.8) is 0 Å². The van der Waals surface area contributed by atoms with Gasteiger partial charge in [0, 0.05) is 12.7 Å². The Labute approximate surface area is 167 Å². The van der Waals surface area contributed by atoms with Crippen LogP contribution in [-0.4, -0.2) is 35.9 Å². The molecule has 2 N–H and O–H groups in total. The Morgan fingerprint density at radius 2 is 2.04 bits per heavy atom. The predicted molar refractivity (Wildman–Crippen MR) is 109 cm³/mol. The number of rotatable bonds is 6. The lowest BCUT2D eigenvalue weighted by Gasteiger charge is -2.23. The van der Waals surface area contributed by atoms with Crippen molar-refractivity contribution in [2.24, 2.45) is 5.92 Å². The van der Waals surface area contributed by atoms with E-state index in [0.29, 0.717) is 11.7 Å². The molecule has 1 aliphatic heterocycles. The molecular formula is C20H29ClN4O2. The number of benzene rings is 1. The maximum Gasteiger partial charge on any atom is 0.272 e. The van der Waals surface area contributed by atoms with E-state index < -0.39 is 0 Å². The Morgan fingerprint density at radius 1 is 1.30 bits per heavy atom. The van der Waals surface area contributed by atoms with Gasteiger partial charge in [-0.15, -0.1) is 12.4 Å². The van der Waals surface area contributed by atoms with Gasteiger partial charge in [-0.2, -0.15) is 5.10 Å². The molecule has 7 heteroatoms. The van der Waals surface area contributed by atoms with Crippen LogP contribution < -0.4 is 15.4 Å². The number of aromatic nitrogens is 2. The van der Waals surface area contributed by atoms with Crippen molar-refractivity contribution in [3.05, 3.63) is 47.8 Å². The zero-order chi connectivity index (χ0) is 18.5. The van der Waals surface area contributed by atoms with Crippen molar-refractivity contribution >= 4 is 18.3 Å². The Hall–Kier alpha value is -2.05. The number of ether oxygens (including phenoxy) is 1. The fourth-order valence-electron chi connectivity index (χ4n) is 3.38. The average Bonchev–Trinajstić information content (AvgIpc) is 3.17. The van der Waals surface area contributed by atoms with Crippen molar-refractivity contribution in [2.75, 3.05) is 20.2 Å². The maximum atomic E-state index is 12.7. The summed E-state index contributed by atoms with van der Waals surface area (Å²) in [5, 5.41) is 11.0. The van der Waals surface area contributed by atoms with E-state index in [1.807, 2.05) is 35.1 Å². The van der Waals surface area contributed by atoms with E-state index in [4.69, 9.17) is 4.74 Å². The van der Waals surface area contributed by atoms with Gasteiger partial charge < -0.3 is 15.4 Å². The number of nitrogens with one attached hydrogen (secondary N) is 2. The quantitative estimate of drug-likeness (QED) is 0.790. The standard InChI is InChI=1S/C20H28N4O2.ClH/c1-14(2)19(15-6-8-17(26-3)9-7-15)22-20(25)18-10-12-24(23-18)16-5-4-11-21-13-16;/h6-10,12,14,16,19,21H,4-5,11,13H2,1-3H3,(H,22,25);1H. The SMILES string of the molecule is COc1ccc(C(NC(=O)c2ccn(C3CCCNC3)n2)C(C)C)cc1.Cl. The van der Waals surface area contributed by atoms with E-state index in [2.05, 4.69) is 29.6 Å². The first kappa shape index (κ1) is 21.3. The molecule has 3 rings (SSSR count). The number of hydrogen-bond acceptors (Lipinski definition) is 4. The van der Waals surface area contributed by atoms with Gasteiger partial charge in [0.15, 0.2) is 0 Å². The molecule has 148 valence electrons. The highest BCUT2D eigenvalue weighted by Gasteiger charge is 2.22. The molecule has 0 saturated carbocycles. The highest BCUT2D eigenvalue weighted by Crippen LogP contribution is 2.24. The van der Waals surface area contributed by atoms with Crippen LogP contribution in [0.5, 0.6) is 5.75 Å². The maximum absolute atomic E-state index is 12.7. The fourth-order valence-corrected chi connectivity index (χ4v) is 3.38. The lowest BCUT2D eigenvalue weighted by Crippen LogP contribution is -2.33. The largest absolute Gasteiger partial charge is 0.497 e. The number of methoxy groups -OCH3 is 1. The third-order valence-corrected chi connectivity index (χ3v) is 4.91. The van der Waals surface area contributed by atoms with Crippen LogP contribution in [0, 0.1) is 5.92 Å². The first-order valence-corrected chi connectivity index (χ1v) is 9.29. The minimum atomic E-state index is -0.137. The summed E-state index contributed by atoms with van der Waals surface area (Å²) < 4.78 is 7.13. The van der Waals surface area contributed by atoms with Crippen molar-refractivity contribution < 1.29 is 9.53 Å². The molecule has 1 aromatic carbocycles. The Balaban J connectivity index is 0.00000261. The molecule has 0 radical (unpaired) electrons. The first-order valence-electron chi connectivity index (χ1n) is 9.29. The van der Waals surface area contributed by atoms with Crippen LogP contribution in [0.4, 0.5) is 0 Å². The van der Waals surface area contributed by atoms with Gasteiger partial charge in [-0.05, 0) is 49.1 Å². The minimum Gasteiger partial charge on any atom is -0.497 e. The normalized spacial score (nSPS) is 17.9. The highest BCUT2D eigenvalue weighted by atomic mass is 35.5. The van der Waals surface area contributed by atoms with Crippen LogP contribution in [0.3, 0.4) is 0 Å².